The molecular formula is C21H25N5O2. The zero-order chi connectivity index (χ0) is 19.4. The Bertz CT molecular complexity index is 830. The van der Waals surface area contributed by atoms with Crippen LogP contribution in [0.3, 0.4) is 0 Å². The van der Waals surface area contributed by atoms with Crippen LogP contribution in [0.25, 0.3) is 0 Å². The van der Waals surface area contributed by atoms with Crippen molar-refractivity contribution in [3.05, 3.63) is 48.3 Å². The van der Waals surface area contributed by atoms with E-state index >= 15 is 0 Å². The Balaban J connectivity index is 1.35. The number of benzene rings is 1. The lowest BCUT2D eigenvalue weighted by atomic mass is 9.73. The van der Waals surface area contributed by atoms with Gasteiger partial charge in [-0.05, 0) is 43.2 Å². The van der Waals surface area contributed by atoms with Gasteiger partial charge in [0.05, 0.1) is 5.56 Å². The van der Waals surface area contributed by atoms with Gasteiger partial charge in [-0.25, -0.2) is 9.97 Å². The molecule has 2 saturated heterocycles. The maximum Gasteiger partial charge on any atom is 0.256 e. The average molecular weight is 379 g/mol. The maximum absolute atomic E-state index is 12.8. The van der Waals surface area contributed by atoms with Gasteiger partial charge in [0.1, 0.15) is 0 Å². The van der Waals surface area contributed by atoms with Crippen molar-refractivity contribution >= 4 is 23.5 Å². The van der Waals surface area contributed by atoms with Crippen LogP contribution in [0.4, 0.5) is 11.6 Å². The summed E-state index contributed by atoms with van der Waals surface area (Å²) < 4.78 is 0. The van der Waals surface area contributed by atoms with E-state index in [2.05, 4.69) is 20.6 Å². The number of carbonyl (C=O) groups excluding carboxylic acids is 2. The topological polar surface area (TPSA) is 87.2 Å². The zero-order valence-corrected chi connectivity index (χ0v) is 15.9. The minimum atomic E-state index is -0.0241. The summed E-state index contributed by atoms with van der Waals surface area (Å²) in [5.41, 5.74) is 1.60. The van der Waals surface area contributed by atoms with Gasteiger partial charge in [-0.3, -0.25) is 9.59 Å². The summed E-state index contributed by atoms with van der Waals surface area (Å²) in [5.74, 6) is 0.594. The van der Waals surface area contributed by atoms with Gasteiger partial charge < -0.3 is 15.5 Å². The molecule has 2 amide bonds. The van der Waals surface area contributed by atoms with E-state index in [-0.39, 0.29) is 17.2 Å². The quantitative estimate of drug-likeness (QED) is 0.856. The van der Waals surface area contributed by atoms with Gasteiger partial charge in [-0.1, -0.05) is 18.2 Å². The van der Waals surface area contributed by atoms with Gasteiger partial charge >= 0.3 is 0 Å². The van der Waals surface area contributed by atoms with E-state index in [0.29, 0.717) is 17.9 Å². The second kappa shape index (κ2) is 7.96. The van der Waals surface area contributed by atoms with E-state index in [1.54, 1.807) is 12.4 Å². The summed E-state index contributed by atoms with van der Waals surface area (Å²) in [6.07, 6.45) is 7.58. The number of nitrogens with one attached hydrogen (secondary N) is 2. The Morgan fingerprint density at radius 2 is 1.75 bits per heavy atom. The highest BCUT2D eigenvalue weighted by Gasteiger charge is 2.37. The van der Waals surface area contributed by atoms with Crippen LogP contribution in [0.15, 0.2) is 42.7 Å². The van der Waals surface area contributed by atoms with Crippen molar-refractivity contribution in [3.63, 3.8) is 0 Å². The molecule has 146 valence electrons. The van der Waals surface area contributed by atoms with Crippen LogP contribution in [0.5, 0.6) is 0 Å². The van der Waals surface area contributed by atoms with Crippen LogP contribution in [-0.4, -0.2) is 46.3 Å². The molecule has 7 heteroatoms. The smallest absolute Gasteiger partial charge is 0.256 e. The first kappa shape index (κ1) is 18.4. The molecule has 1 aromatic heterocycles. The molecule has 3 heterocycles. The molecule has 0 unspecified atom stereocenters. The highest BCUT2D eigenvalue weighted by atomic mass is 16.2. The SMILES string of the molecule is O=C1CCC2(CCN1)CCN(C(=O)c1cnc(Nc3ccccc3)nc1)CC2. The summed E-state index contributed by atoms with van der Waals surface area (Å²) in [6.45, 7) is 2.19. The Labute approximate surface area is 164 Å². The van der Waals surface area contributed by atoms with Gasteiger partial charge in [-0.2, -0.15) is 0 Å². The van der Waals surface area contributed by atoms with Crippen molar-refractivity contribution in [1.82, 2.24) is 20.2 Å². The fourth-order valence-electron chi connectivity index (χ4n) is 4.08. The van der Waals surface area contributed by atoms with Crippen LogP contribution in [-0.2, 0) is 4.79 Å². The molecule has 0 saturated carbocycles. The van der Waals surface area contributed by atoms with E-state index in [4.69, 9.17) is 0 Å². The number of amides is 2. The second-order valence-electron chi connectivity index (χ2n) is 7.68. The molecule has 0 aliphatic carbocycles. The van der Waals surface area contributed by atoms with Crippen LogP contribution < -0.4 is 10.6 Å². The highest BCUT2D eigenvalue weighted by molar-refractivity contribution is 5.93. The van der Waals surface area contributed by atoms with Crippen molar-refractivity contribution in [1.29, 1.82) is 0 Å². The fraction of sp³-hybridized carbons (Fsp3) is 0.429. The maximum atomic E-state index is 12.8. The largest absolute Gasteiger partial charge is 0.356 e. The fourth-order valence-corrected chi connectivity index (χ4v) is 4.08. The molecule has 4 rings (SSSR count). The number of nitrogens with zero attached hydrogens (tertiary/aromatic N) is 3. The molecule has 1 aromatic carbocycles. The third kappa shape index (κ3) is 4.13. The molecule has 2 fully saturated rings. The summed E-state index contributed by atoms with van der Waals surface area (Å²) >= 11 is 0. The van der Waals surface area contributed by atoms with Gasteiger partial charge in [0.2, 0.25) is 11.9 Å². The van der Waals surface area contributed by atoms with E-state index in [9.17, 15) is 9.59 Å². The third-order valence-electron chi connectivity index (χ3n) is 5.90. The number of likely N-dealkylation sites (tertiary alicyclic amines) is 1. The lowest BCUT2D eigenvalue weighted by molar-refractivity contribution is -0.121. The summed E-state index contributed by atoms with van der Waals surface area (Å²) in [7, 11) is 0. The lowest BCUT2D eigenvalue weighted by Gasteiger charge is -2.41. The Morgan fingerprint density at radius 3 is 2.46 bits per heavy atom. The van der Waals surface area contributed by atoms with E-state index < -0.39 is 0 Å². The number of rotatable bonds is 3. The Morgan fingerprint density at radius 1 is 1.04 bits per heavy atom. The molecular weight excluding hydrogens is 354 g/mol. The van der Waals surface area contributed by atoms with E-state index in [1.165, 1.54) is 0 Å². The molecule has 2 N–H and O–H groups in total. The molecule has 0 radical (unpaired) electrons. The Hall–Kier alpha value is -2.96. The predicted molar refractivity (Wildman–Crippen MR) is 106 cm³/mol. The number of hydrogen-bond acceptors (Lipinski definition) is 5. The number of piperidine rings is 1. The number of hydrogen-bond donors (Lipinski definition) is 2. The number of carbonyl (C=O) groups is 2. The van der Waals surface area contributed by atoms with Gasteiger partial charge in [0, 0.05) is 44.1 Å². The summed E-state index contributed by atoms with van der Waals surface area (Å²) in [5, 5.41) is 6.07. The predicted octanol–water partition coefficient (Wildman–Crippen LogP) is 2.74. The highest BCUT2D eigenvalue weighted by Crippen LogP contribution is 2.40. The monoisotopic (exact) mass is 379 g/mol. The molecule has 2 aliphatic rings. The number of aromatic nitrogens is 2. The van der Waals surface area contributed by atoms with Gasteiger partial charge in [0.15, 0.2) is 0 Å². The molecule has 7 nitrogen and oxygen atoms in total. The van der Waals surface area contributed by atoms with Crippen LogP contribution in [0.1, 0.15) is 42.5 Å². The second-order valence-corrected chi connectivity index (χ2v) is 7.68. The molecule has 2 aliphatic heterocycles. The summed E-state index contributed by atoms with van der Waals surface area (Å²) in [4.78, 5) is 34.9. The molecule has 28 heavy (non-hydrogen) atoms. The third-order valence-corrected chi connectivity index (χ3v) is 5.90. The first-order chi connectivity index (χ1) is 13.6. The zero-order valence-electron chi connectivity index (χ0n) is 15.9. The van der Waals surface area contributed by atoms with E-state index in [1.807, 2.05) is 35.2 Å². The first-order valence-electron chi connectivity index (χ1n) is 9.84. The standard InChI is InChI=1S/C21H25N5O2/c27-18-6-7-21(8-11-22-18)9-12-26(13-10-21)19(28)16-14-23-20(24-15-16)25-17-4-2-1-3-5-17/h1-5,14-15H,6-13H2,(H,22,27)(H,23,24,25). The molecule has 2 aromatic rings. The van der Waals surface area contributed by atoms with E-state index in [0.717, 1.165) is 51.0 Å². The lowest BCUT2D eigenvalue weighted by Crippen LogP contribution is -2.43. The number of anilines is 2. The molecule has 0 atom stereocenters. The average Bonchev–Trinajstić information content (AvgIpc) is 2.91. The van der Waals surface area contributed by atoms with Crippen LogP contribution >= 0.6 is 0 Å². The molecule has 1 spiro atoms. The van der Waals surface area contributed by atoms with Crippen LogP contribution in [0.2, 0.25) is 0 Å². The van der Waals surface area contributed by atoms with Crippen molar-refractivity contribution in [2.45, 2.75) is 32.1 Å². The minimum Gasteiger partial charge on any atom is -0.356 e. The molecule has 0 bridgehead atoms. The van der Waals surface area contributed by atoms with Crippen molar-refractivity contribution in [2.75, 3.05) is 25.0 Å². The van der Waals surface area contributed by atoms with Gasteiger partial charge in [0.25, 0.3) is 5.91 Å². The minimum absolute atomic E-state index is 0.0241. The van der Waals surface area contributed by atoms with Crippen molar-refractivity contribution in [2.24, 2.45) is 5.41 Å². The van der Waals surface area contributed by atoms with Crippen molar-refractivity contribution in [3.8, 4) is 0 Å². The van der Waals surface area contributed by atoms with Gasteiger partial charge in [-0.15, -0.1) is 0 Å². The first-order valence-corrected chi connectivity index (χ1v) is 9.84. The summed E-state index contributed by atoms with van der Waals surface area (Å²) in [6, 6.07) is 9.68. The normalized spacial score (nSPS) is 19.0. The Kier molecular flexibility index (Phi) is 5.23. The number of para-hydroxylation sites is 1. The van der Waals surface area contributed by atoms with Crippen molar-refractivity contribution < 1.29 is 9.59 Å². The van der Waals surface area contributed by atoms with Crippen LogP contribution in [0, 0.1) is 5.41 Å².